The number of methoxy groups -OCH3 is 1. The molecule has 0 spiro atoms. The van der Waals surface area contributed by atoms with E-state index in [0.717, 1.165) is 16.7 Å². The molecule has 39 heavy (non-hydrogen) atoms. The number of benzene rings is 1. The fourth-order valence-electron chi connectivity index (χ4n) is 4.52. The number of nitrogens with zero attached hydrogens (tertiary/aromatic N) is 4. The molecule has 2 aromatic rings. The summed E-state index contributed by atoms with van der Waals surface area (Å²) in [5.74, 6) is -0.126. The molecule has 0 saturated carbocycles. The molecule has 12 nitrogen and oxygen atoms in total. The van der Waals surface area contributed by atoms with Gasteiger partial charge >= 0.3 is 12.1 Å². The van der Waals surface area contributed by atoms with Gasteiger partial charge in [0.2, 0.25) is 5.28 Å². The zero-order valence-electron chi connectivity index (χ0n) is 21.8. The molecule has 210 valence electrons. The van der Waals surface area contributed by atoms with E-state index in [1.165, 1.54) is 12.1 Å². The van der Waals surface area contributed by atoms with Gasteiger partial charge in [0.1, 0.15) is 12.7 Å². The number of fused-ring (bicyclic) bond motifs is 1. The van der Waals surface area contributed by atoms with Crippen LogP contribution in [-0.2, 0) is 30.4 Å². The van der Waals surface area contributed by atoms with Crippen molar-refractivity contribution in [2.24, 2.45) is 5.28 Å². The average Bonchev–Trinajstić information content (AvgIpc) is 3.60. The Bertz CT molecular complexity index is 1190. The van der Waals surface area contributed by atoms with Crippen molar-refractivity contribution in [1.29, 1.82) is 0 Å². The monoisotopic (exact) mass is 562 g/mol. The molecule has 3 heterocycles. The van der Waals surface area contributed by atoms with Crippen molar-refractivity contribution in [2.45, 2.75) is 57.8 Å². The van der Waals surface area contributed by atoms with Gasteiger partial charge in [0.05, 0.1) is 37.5 Å². The Hall–Kier alpha value is -3.64. The lowest BCUT2D eigenvalue weighted by atomic mass is 10.0. The maximum absolute atomic E-state index is 12.3. The Morgan fingerprint density at radius 2 is 2.00 bits per heavy atom. The summed E-state index contributed by atoms with van der Waals surface area (Å²) in [7, 11) is 1.28. The van der Waals surface area contributed by atoms with E-state index in [0.29, 0.717) is 60.1 Å². The van der Waals surface area contributed by atoms with Gasteiger partial charge in [0.15, 0.2) is 11.8 Å². The third-order valence-corrected chi connectivity index (χ3v) is 6.78. The van der Waals surface area contributed by atoms with Crippen molar-refractivity contribution in [3.63, 3.8) is 0 Å². The summed E-state index contributed by atoms with van der Waals surface area (Å²) in [6.07, 6.45) is 3.66. The number of aryl methyl sites for hydroxylation is 1. The van der Waals surface area contributed by atoms with Crippen LogP contribution >= 0.6 is 11.6 Å². The van der Waals surface area contributed by atoms with Crippen molar-refractivity contribution >= 4 is 23.7 Å². The maximum Gasteiger partial charge on any atom is 0.513 e. The average molecular weight is 563 g/mol. The lowest BCUT2D eigenvalue weighted by Gasteiger charge is -2.17. The zero-order chi connectivity index (χ0) is 27.8. The number of rotatable bonds is 11. The molecule has 0 aliphatic carbocycles. The molecule has 0 amide bonds. The van der Waals surface area contributed by atoms with Gasteiger partial charge < -0.3 is 29.0 Å². The molecule has 0 bridgehead atoms. The Kier molecular flexibility index (Phi) is 9.77. The molecule has 2 aliphatic rings. The minimum Gasteiger partial charge on any atom is -0.569 e. The molecule has 0 N–H and O–H groups in total. The van der Waals surface area contributed by atoms with E-state index < -0.39 is 18.2 Å². The second kappa shape index (κ2) is 13.4. The lowest BCUT2D eigenvalue weighted by Crippen LogP contribution is -2.41. The van der Waals surface area contributed by atoms with E-state index >= 15 is 0 Å². The van der Waals surface area contributed by atoms with Crippen LogP contribution in [0.2, 0.25) is 5.02 Å². The van der Waals surface area contributed by atoms with Crippen LogP contribution in [0, 0.1) is 12.1 Å². The molecule has 2 atom stereocenters. The van der Waals surface area contributed by atoms with Crippen LogP contribution in [0.3, 0.4) is 0 Å². The lowest BCUT2D eigenvalue weighted by molar-refractivity contribution is -0.712. The van der Waals surface area contributed by atoms with E-state index in [4.69, 9.17) is 35.4 Å². The largest absolute Gasteiger partial charge is 0.569 e. The first-order valence-corrected chi connectivity index (χ1v) is 13.1. The SMILES string of the molecule is COC(=O)[C@@H]1CCCN1[N+]([O-])=NOCCCCCOC(=O)Oc1c(C)ncc2c1CO[C@H]2c1ccc(Cl)cc1. The van der Waals surface area contributed by atoms with E-state index in [1.54, 1.807) is 25.3 Å². The smallest absolute Gasteiger partial charge is 0.513 e. The molecule has 1 aromatic heterocycles. The Balaban J connectivity index is 1.17. The van der Waals surface area contributed by atoms with Gasteiger partial charge in [-0.3, -0.25) is 4.98 Å². The number of hydrogen-bond donors (Lipinski definition) is 0. The number of unbranched alkanes of at least 4 members (excludes halogenated alkanes) is 2. The number of pyridine rings is 1. The van der Waals surface area contributed by atoms with Crippen LogP contribution in [0.15, 0.2) is 35.7 Å². The third kappa shape index (κ3) is 7.07. The molecule has 13 heteroatoms. The van der Waals surface area contributed by atoms with E-state index in [-0.39, 0.29) is 25.9 Å². The summed E-state index contributed by atoms with van der Waals surface area (Å²) < 4.78 is 21.4. The first-order chi connectivity index (χ1) is 18.9. The minimum absolute atomic E-state index is 0.156. The number of halogens is 1. The molecule has 0 unspecified atom stereocenters. The number of esters is 1. The minimum atomic E-state index is -0.817. The van der Waals surface area contributed by atoms with Crippen molar-refractivity contribution in [3.05, 3.63) is 63.1 Å². The first-order valence-electron chi connectivity index (χ1n) is 12.7. The molecule has 4 rings (SSSR count). The molecule has 1 saturated heterocycles. The summed E-state index contributed by atoms with van der Waals surface area (Å²) in [5, 5.41) is 17.5. The molecule has 2 aliphatic heterocycles. The first kappa shape index (κ1) is 28.4. The highest BCUT2D eigenvalue weighted by Gasteiger charge is 2.37. The predicted octanol–water partition coefficient (Wildman–Crippen LogP) is 4.80. The fourth-order valence-corrected chi connectivity index (χ4v) is 4.64. The van der Waals surface area contributed by atoms with Crippen molar-refractivity contribution in [3.8, 4) is 5.75 Å². The van der Waals surface area contributed by atoms with Gasteiger partial charge in [-0.1, -0.05) is 23.7 Å². The molecule has 1 fully saturated rings. The second-order valence-corrected chi connectivity index (χ2v) is 9.56. The Morgan fingerprint density at radius 1 is 1.23 bits per heavy atom. The number of aromatic nitrogens is 1. The summed E-state index contributed by atoms with van der Waals surface area (Å²) >= 11 is 5.99. The number of hydrazine groups is 1. The normalized spacial score (nSPS) is 18.5. The van der Waals surface area contributed by atoms with E-state index in [1.807, 2.05) is 12.1 Å². The third-order valence-electron chi connectivity index (χ3n) is 6.53. The van der Waals surface area contributed by atoms with Gasteiger partial charge in [0, 0.05) is 22.3 Å². The quantitative estimate of drug-likeness (QED) is 0.123. The number of hydrogen-bond acceptors (Lipinski definition) is 10. The molecule has 1 aromatic carbocycles. The molecular weight excluding hydrogens is 532 g/mol. The van der Waals surface area contributed by atoms with Crippen molar-refractivity contribution in [1.82, 2.24) is 9.99 Å². The van der Waals surface area contributed by atoms with Gasteiger partial charge in [0.25, 0.3) is 0 Å². The Labute approximate surface area is 230 Å². The van der Waals surface area contributed by atoms with E-state index in [9.17, 15) is 14.8 Å². The van der Waals surface area contributed by atoms with E-state index in [2.05, 4.69) is 10.3 Å². The highest BCUT2D eigenvalue weighted by molar-refractivity contribution is 6.30. The number of carbonyl (C=O) groups excluding carboxylic acids is 2. The molecule has 0 radical (unpaired) electrons. The van der Waals surface area contributed by atoms with Crippen LogP contribution in [0.4, 0.5) is 4.79 Å². The van der Waals surface area contributed by atoms with Gasteiger partial charge in [-0.05, 0) is 56.7 Å². The van der Waals surface area contributed by atoms with Crippen LogP contribution < -0.4 is 4.74 Å². The number of carbonyl (C=O) groups is 2. The van der Waals surface area contributed by atoms with Gasteiger partial charge in [-0.2, -0.15) is 0 Å². The topological polar surface area (TPSA) is 135 Å². The summed E-state index contributed by atoms with van der Waals surface area (Å²) in [5.41, 5.74) is 3.09. The van der Waals surface area contributed by atoms with Crippen LogP contribution in [0.1, 0.15) is 60.6 Å². The summed E-state index contributed by atoms with van der Waals surface area (Å²) in [6, 6.07) is 6.72. The van der Waals surface area contributed by atoms with Crippen molar-refractivity contribution in [2.75, 3.05) is 26.9 Å². The fraction of sp³-hybridized carbons (Fsp3) is 0.500. The van der Waals surface area contributed by atoms with Crippen LogP contribution in [0.25, 0.3) is 0 Å². The molecular formula is C26H31ClN4O8. The van der Waals surface area contributed by atoms with Crippen molar-refractivity contribution < 1.29 is 38.3 Å². The highest BCUT2D eigenvalue weighted by atomic mass is 35.5. The standard InChI is InChI=1S/C26H31ClN4O8/c1-17-23(21-16-37-24(20(21)15-28-17)18-8-10-19(27)11-9-18)39-26(33)36-13-4-3-5-14-38-29-31(34)30-12-6-7-22(30)25(32)35-2/h8-11,15,22,24H,3-7,12-14,16H2,1-2H3/t22-,24-/m0/s1. The maximum atomic E-state index is 12.3. The van der Waals surface area contributed by atoms with Crippen LogP contribution in [0.5, 0.6) is 5.75 Å². The predicted molar refractivity (Wildman–Crippen MR) is 137 cm³/mol. The van der Waals surface area contributed by atoms with Gasteiger partial charge in [-0.15, -0.1) is 5.01 Å². The van der Waals surface area contributed by atoms with Gasteiger partial charge in [-0.25, -0.2) is 9.59 Å². The highest BCUT2D eigenvalue weighted by Crippen LogP contribution is 2.41. The summed E-state index contributed by atoms with van der Waals surface area (Å²) in [6.45, 7) is 2.80. The second-order valence-electron chi connectivity index (χ2n) is 9.12. The van der Waals surface area contributed by atoms with Crippen LogP contribution in [-0.4, -0.2) is 60.0 Å². The summed E-state index contributed by atoms with van der Waals surface area (Å²) in [4.78, 5) is 33.8. The Morgan fingerprint density at radius 3 is 2.77 bits per heavy atom. The number of ether oxygens (including phenoxy) is 4. The zero-order valence-corrected chi connectivity index (χ0v) is 22.6.